The number of carbonyl (C=O) groups is 1. The molecule has 16 heavy (non-hydrogen) atoms. The number of amides is 2. The number of hydrogen-bond acceptors (Lipinski definition) is 3. The lowest BCUT2D eigenvalue weighted by Crippen LogP contribution is -2.40. The molecule has 0 bridgehead atoms. The number of aliphatic hydroxyl groups is 1. The second-order valence-corrected chi connectivity index (χ2v) is 3.67. The van der Waals surface area contributed by atoms with Crippen LogP contribution in [0.4, 0.5) is 4.79 Å². The van der Waals surface area contributed by atoms with Gasteiger partial charge in [-0.1, -0.05) is 0 Å². The molecular weight excluding hydrogens is 208 g/mol. The number of rotatable bonds is 6. The second-order valence-electron chi connectivity index (χ2n) is 3.67. The Morgan fingerprint density at radius 2 is 2.44 bits per heavy atom. The summed E-state index contributed by atoms with van der Waals surface area (Å²) in [5.74, 6) is 0.721. The predicted molar refractivity (Wildman–Crippen MR) is 59.9 cm³/mol. The Bertz CT molecular complexity index is 298. The van der Waals surface area contributed by atoms with Gasteiger partial charge in [0, 0.05) is 12.6 Å². The zero-order chi connectivity index (χ0) is 11.8. The maximum absolute atomic E-state index is 11.4. The summed E-state index contributed by atoms with van der Waals surface area (Å²) >= 11 is 0. The molecule has 0 aliphatic carbocycles. The molecule has 0 fully saturated rings. The lowest BCUT2D eigenvalue weighted by molar-refractivity contribution is 0.233. The van der Waals surface area contributed by atoms with E-state index >= 15 is 0 Å². The van der Waals surface area contributed by atoms with Crippen molar-refractivity contribution in [2.24, 2.45) is 0 Å². The monoisotopic (exact) mass is 226 g/mol. The number of carbonyl (C=O) groups excluding carboxylic acids is 1. The van der Waals surface area contributed by atoms with Crippen LogP contribution in [0.5, 0.6) is 0 Å². The van der Waals surface area contributed by atoms with Crippen molar-refractivity contribution in [1.82, 2.24) is 10.6 Å². The van der Waals surface area contributed by atoms with Gasteiger partial charge in [-0.25, -0.2) is 4.79 Å². The smallest absolute Gasteiger partial charge is 0.315 e. The number of nitrogens with one attached hydrogen (secondary N) is 2. The molecule has 0 spiro atoms. The third kappa shape index (κ3) is 4.84. The van der Waals surface area contributed by atoms with Crippen LogP contribution in [0, 0.1) is 0 Å². The number of hydrogen-bond donors (Lipinski definition) is 3. The van der Waals surface area contributed by atoms with Crippen LogP contribution in [0.1, 0.15) is 25.5 Å². The first-order chi connectivity index (χ1) is 7.72. The van der Waals surface area contributed by atoms with Gasteiger partial charge in [-0.05, 0) is 31.9 Å². The predicted octanol–water partition coefficient (Wildman–Crippen LogP) is 1.24. The summed E-state index contributed by atoms with van der Waals surface area (Å²) in [4.78, 5) is 11.4. The Morgan fingerprint density at radius 3 is 3.06 bits per heavy atom. The van der Waals surface area contributed by atoms with Gasteiger partial charge in [0.25, 0.3) is 0 Å². The average molecular weight is 226 g/mol. The fraction of sp³-hybridized carbons (Fsp3) is 0.545. The molecule has 1 unspecified atom stereocenters. The molecule has 5 nitrogen and oxygen atoms in total. The first-order valence-electron chi connectivity index (χ1n) is 5.40. The Morgan fingerprint density at radius 1 is 1.62 bits per heavy atom. The molecule has 2 amide bonds. The van der Waals surface area contributed by atoms with E-state index in [0.717, 1.165) is 12.2 Å². The molecule has 1 atom stereocenters. The molecule has 90 valence electrons. The van der Waals surface area contributed by atoms with E-state index in [1.807, 2.05) is 6.92 Å². The molecule has 0 saturated carbocycles. The van der Waals surface area contributed by atoms with Crippen molar-refractivity contribution in [2.75, 3.05) is 6.61 Å². The fourth-order valence-corrected chi connectivity index (χ4v) is 1.33. The van der Waals surface area contributed by atoms with Crippen LogP contribution in [-0.4, -0.2) is 23.8 Å². The van der Waals surface area contributed by atoms with Gasteiger partial charge in [-0.15, -0.1) is 0 Å². The van der Waals surface area contributed by atoms with Crippen LogP contribution in [0.15, 0.2) is 22.8 Å². The number of furan rings is 1. The highest BCUT2D eigenvalue weighted by molar-refractivity contribution is 5.74. The molecule has 0 saturated heterocycles. The quantitative estimate of drug-likeness (QED) is 0.683. The van der Waals surface area contributed by atoms with Gasteiger partial charge < -0.3 is 20.2 Å². The third-order valence-electron chi connectivity index (χ3n) is 2.18. The molecule has 0 radical (unpaired) electrons. The maximum atomic E-state index is 11.4. The third-order valence-corrected chi connectivity index (χ3v) is 2.18. The molecule has 0 aromatic carbocycles. The molecule has 5 heteroatoms. The topological polar surface area (TPSA) is 74.5 Å². The highest BCUT2D eigenvalue weighted by atomic mass is 16.3. The minimum atomic E-state index is -0.221. The minimum absolute atomic E-state index is 0.0590. The van der Waals surface area contributed by atoms with E-state index in [0.29, 0.717) is 13.0 Å². The Hall–Kier alpha value is -1.49. The molecule has 1 aromatic rings. The Kier molecular flexibility index (Phi) is 5.42. The van der Waals surface area contributed by atoms with E-state index in [1.54, 1.807) is 18.4 Å². The van der Waals surface area contributed by atoms with E-state index < -0.39 is 0 Å². The summed E-state index contributed by atoms with van der Waals surface area (Å²) in [6.45, 7) is 2.44. The molecule has 1 rings (SSSR count). The summed E-state index contributed by atoms with van der Waals surface area (Å²) in [5, 5.41) is 14.1. The zero-order valence-electron chi connectivity index (χ0n) is 9.40. The highest BCUT2D eigenvalue weighted by Gasteiger charge is 2.06. The summed E-state index contributed by atoms with van der Waals surface area (Å²) in [7, 11) is 0. The van der Waals surface area contributed by atoms with Crippen molar-refractivity contribution in [3.63, 3.8) is 0 Å². The first-order valence-corrected chi connectivity index (χ1v) is 5.40. The van der Waals surface area contributed by atoms with Crippen molar-refractivity contribution in [3.05, 3.63) is 24.2 Å². The van der Waals surface area contributed by atoms with Gasteiger partial charge in [0.15, 0.2) is 0 Å². The number of urea groups is 1. The fourth-order valence-electron chi connectivity index (χ4n) is 1.33. The molecular formula is C11H18N2O3. The molecule has 0 aliphatic heterocycles. The van der Waals surface area contributed by atoms with Crippen molar-refractivity contribution < 1.29 is 14.3 Å². The van der Waals surface area contributed by atoms with Gasteiger partial charge in [0.2, 0.25) is 0 Å². The molecule has 3 N–H and O–H groups in total. The summed E-state index contributed by atoms with van der Waals surface area (Å²) in [6.07, 6.45) is 3.03. The van der Waals surface area contributed by atoms with Crippen LogP contribution in [0.2, 0.25) is 0 Å². The summed E-state index contributed by atoms with van der Waals surface area (Å²) in [6, 6.07) is 3.42. The largest absolute Gasteiger partial charge is 0.467 e. The lowest BCUT2D eigenvalue weighted by atomic mass is 10.2. The molecule has 1 heterocycles. The van der Waals surface area contributed by atoms with Crippen LogP contribution in [0.25, 0.3) is 0 Å². The van der Waals surface area contributed by atoms with Crippen molar-refractivity contribution >= 4 is 6.03 Å². The lowest BCUT2D eigenvalue weighted by Gasteiger charge is -2.13. The summed E-state index contributed by atoms with van der Waals surface area (Å²) < 4.78 is 5.08. The van der Waals surface area contributed by atoms with E-state index in [2.05, 4.69) is 10.6 Å². The molecule has 1 aromatic heterocycles. The summed E-state index contributed by atoms with van der Waals surface area (Å²) in [5.41, 5.74) is 0. The Labute approximate surface area is 94.8 Å². The standard InChI is InChI=1S/C11H18N2O3/c1-9(4-2-6-14)13-11(15)12-8-10-5-3-7-16-10/h3,5,7,9,14H,2,4,6,8H2,1H3,(H2,12,13,15). The maximum Gasteiger partial charge on any atom is 0.315 e. The van der Waals surface area contributed by atoms with Crippen molar-refractivity contribution in [3.8, 4) is 0 Å². The van der Waals surface area contributed by atoms with E-state index in [-0.39, 0.29) is 18.7 Å². The van der Waals surface area contributed by atoms with Crippen molar-refractivity contribution in [2.45, 2.75) is 32.4 Å². The van der Waals surface area contributed by atoms with E-state index in [9.17, 15) is 4.79 Å². The minimum Gasteiger partial charge on any atom is -0.467 e. The molecule has 0 aliphatic rings. The van der Waals surface area contributed by atoms with Crippen LogP contribution in [-0.2, 0) is 6.54 Å². The van der Waals surface area contributed by atoms with Gasteiger partial charge in [0.1, 0.15) is 5.76 Å². The van der Waals surface area contributed by atoms with Gasteiger partial charge in [-0.3, -0.25) is 0 Å². The van der Waals surface area contributed by atoms with Crippen molar-refractivity contribution in [1.29, 1.82) is 0 Å². The zero-order valence-corrected chi connectivity index (χ0v) is 9.40. The van der Waals surface area contributed by atoms with Gasteiger partial charge in [-0.2, -0.15) is 0 Å². The number of aliphatic hydroxyl groups excluding tert-OH is 1. The highest BCUT2D eigenvalue weighted by Crippen LogP contribution is 1.99. The van der Waals surface area contributed by atoms with E-state index in [4.69, 9.17) is 9.52 Å². The second kappa shape index (κ2) is 6.90. The normalized spacial score (nSPS) is 12.1. The SMILES string of the molecule is CC(CCCO)NC(=O)NCc1ccco1. The van der Waals surface area contributed by atoms with Crippen LogP contribution >= 0.6 is 0 Å². The first kappa shape index (κ1) is 12.6. The van der Waals surface area contributed by atoms with E-state index in [1.165, 1.54) is 0 Å². The van der Waals surface area contributed by atoms with Crippen LogP contribution in [0.3, 0.4) is 0 Å². The van der Waals surface area contributed by atoms with Crippen LogP contribution < -0.4 is 10.6 Å². The van der Waals surface area contributed by atoms with Gasteiger partial charge in [0.05, 0.1) is 12.8 Å². The average Bonchev–Trinajstić information content (AvgIpc) is 2.76. The van der Waals surface area contributed by atoms with Gasteiger partial charge >= 0.3 is 6.03 Å². The Balaban J connectivity index is 2.15.